The molecule has 0 aliphatic heterocycles. The lowest BCUT2D eigenvalue weighted by molar-refractivity contribution is -0.160. The number of ether oxygens (including phenoxy) is 1. The molecule has 0 bridgehead atoms. The van der Waals surface area contributed by atoms with Crippen molar-refractivity contribution in [2.24, 2.45) is 11.8 Å². The van der Waals surface area contributed by atoms with Gasteiger partial charge in [-0.25, -0.2) is 0 Å². The van der Waals surface area contributed by atoms with E-state index in [2.05, 4.69) is 4.74 Å². The van der Waals surface area contributed by atoms with Gasteiger partial charge in [0.1, 0.15) is 0 Å². The molecule has 12 heavy (non-hydrogen) atoms. The van der Waals surface area contributed by atoms with Crippen LogP contribution in [0.15, 0.2) is 0 Å². The zero-order valence-corrected chi connectivity index (χ0v) is 7.53. The maximum absolute atomic E-state index is 11.0. The molecule has 1 atom stereocenters. The molecule has 0 rings (SSSR count). The second-order valence-corrected chi connectivity index (χ2v) is 2.81. The predicted octanol–water partition coefficient (Wildman–Crippen LogP) is 0.906. The van der Waals surface area contributed by atoms with Gasteiger partial charge in [0.15, 0.2) is 5.92 Å². The van der Waals surface area contributed by atoms with Crippen LogP contribution in [-0.4, -0.2) is 23.7 Å². The molecular weight excluding hydrogens is 160 g/mol. The predicted molar refractivity (Wildman–Crippen MR) is 42.6 cm³/mol. The van der Waals surface area contributed by atoms with Crippen molar-refractivity contribution in [2.75, 3.05) is 6.61 Å². The number of carboxylic acids is 1. The van der Waals surface area contributed by atoms with Crippen molar-refractivity contribution in [1.29, 1.82) is 0 Å². The second kappa shape index (κ2) is 4.74. The molecule has 0 aromatic rings. The van der Waals surface area contributed by atoms with E-state index in [1.807, 2.05) is 0 Å². The van der Waals surface area contributed by atoms with Crippen molar-refractivity contribution in [1.82, 2.24) is 0 Å². The molecule has 0 aliphatic rings. The van der Waals surface area contributed by atoms with Crippen LogP contribution in [0.3, 0.4) is 0 Å². The summed E-state index contributed by atoms with van der Waals surface area (Å²) in [6, 6.07) is 0. The van der Waals surface area contributed by atoms with Crippen molar-refractivity contribution in [3.05, 3.63) is 0 Å². The molecule has 0 amide bonds. The molecule has 0 saturated carbocycles. The number of carbonyl (C=O) groups excluding carboxylic acids is 1. The van der Waals surface area contributed by atoms with Gasteiger partial charge in [-0.2, -0.15) is 0 Å². The van der Waals surface area contributed by atoms with Gasteiger partial charge in [0.05, 0.1) is 6.61 Å². The van der Waals surface area contributed by atoms with Crippen LogP contribution in [0.25, 0.3) is 0 Å². The van der Waals surface area contributed by atoms with Crippen LogP contribution < -0.4 is 0 Å². The van der Waals surface area contributed by atoms with Crippen molar-refractivity contribution in [3.63, 3.8) is 0 Å². The van der Waals surface area contributed by atoms with E-state index >= 15 is 0 Å². The fourth-order valence-electron chi connectivity index (χ4n) is 0.890. The first-order valence-electron chi connectivity index (χ1n) is 3.90. The zero-order chi connectivity index (χ0) is 9.72. The fraction of sp³-hybridized carbons (Fsp3) is 0.750. The summed E-state index contributed by atoms with van der Waals surface area (Å²) in [6.07, 6.45) is 0. The third-order valence-corrected chi connectivity index (χ3v) is 1.47. The quantitative estimate of drug-likeness (QED) is 0.508. The minimum atomic E-state index is -1.12. The molecule has 0 spiro atoms. The topological polar surface area (TPSA) is 63.6 Å². The van der Waals surface area contributed by atoms with Crippen LogP contribution in [0.4, 0.5) is 0 Å². The van der Waals surface area contributed by atoms with Crippen LogP contribution >= 0.6 is 0 Å². The highest BCUT2D eigenvalue weighted by Gasteiger charge is 2.30. The normalized spacial score (nSPS) is 12.7. The lowest BCUT2D eigenvalue weighted by Gasteiger charge is -2.13. The monoisotopic (exact) mass is 174 g/mol. The highest BCUT2D eigenvalue weighted by molar-refractivity contribution is 5.94. The van der Waals surface area contributed by atoms with Gasteiger partial charge < -0.3 is 9.84 Å². The molecule has 70 valence electrons. The van der Waals surface area contributed by atoms with Gasteiger partial charge in [0, 0.05) is 0 Å². The first kappa shape index (κ1) is 10.9. The van der Waals surface area contributed by atoms with E-state index in [0.29, 0.717) is 0 Å². The third kappa shape index (κ3) is 2.90. The van der Waals surface area contributed by atoms with Crippen LogP contribution in [0.5, 0.6) is 0 Å². The van der Waals surface area contributed by atoms with E-state index in [9.17, 15) is 9.59 Å². The molecule has 4 heteroatoms. The standard InChI is InChI=1S/C8H14O4/c1-4-12-8(11)6(5(2)3)7(9)10/h5-6H,4H2,1-3H3,(H,9,10). The Morgan fingerprint density at radius 2 is 1.92 bits per heavy atom. The largest absolute Gasteiger partial charge is 0.481 e. The van der Waals surface area contributed by atoms with Crippen LogP contribution in [0.1, 0.15) is 20.8 Å². The number of carboxylic acid groups (broad SMARTS) is 1. The molecule has 0 aromatic carbocycles. The fourth-order valence-corrected chi connectivity index (χ4v) is 0.890. The molecule has 0 saturated heterocycles. The Kier molecular flexibility index (Phi) is 4.33. The summed E-state index contributed by atoms with van der Waals surface area (Å²) < 4.78 is 4.61. The summed E-state index contributed by atoms with van der Waals surface area (Å²) in [5.74, 6) is -3.05. The van der Waals surface area contributed by atoms with Gasteiger partial charge in [0.2, 0.25) is 0 Å². The summed E-state index contributed by atoms with van der Waals surface area (Å²) in [4.78, 5) is 21.6. The number of carbonyl (C=O) groups is 2. The molecular formula is C8H14O4. The Morgan fingerprint density at radius 1 is 1.42 bits per heavy atom. The van der Waals surface area contributed by atoms with E-state index in [-0.39, 0.29) is 12.5 Å². The smallest absolute Gasteiger partial charge is 0.320 e. The SMILES string of the molecule is CCOC(=O)C(C(=O)O)C(C)C. The summed E-state index contributed by atoms with van der Waals surface area (Å²) in [7, 11) is 0. The van der Waals surface area contributed by atoms with Gasteiger partial charge >= 0.3 is 11.9 Å². The van der Waals surface area contributed by atoms with E-state index in [1.54, 1.807) is 20.8 Å². The van der Waals surface area contributed by atoms with Crippen molar-refractivity contribution in [2.45, 2.75) is 20.8 Å². The van der Waals surface area contributed by atoms with Gasteiger partial charge in [-0.3, -0.25) is 9.59 Å². The van der Waals surface area contributed by atoms with Gasteiger partial charge in [-0.1, -0.05) is 13.8 Å². The number of hydrogen-bond donors (Lipinski definition) is 1. The highest BCUT2D eigenvalue weighted by Crippen LogP contribution is 2.12. The first-order chi connectivity index (χ1) is 5.50. The minimum Gasteiger partial charge on any atom is -0.481 e. The average molecular weight is 174 g/mol. The third-order valence-electron chi connectivity index (χ3n) is 1.47. The Hall–Kier alpha value is -1.06. The second-order valence-electron chi connectivity index (χ2n) is 2.81. The number of esters is 1. The molecule has 0 fully saturated rings. The zero-order valence-electron chi connectivity index (χ0n) is 7.53. The molecule has 4 nitrogen and oxygen atoms in total. The van der Waals surface area contributed by atoms with E-state index in [4.69, 9.17) is 5.11 Å². The van der Waals surface area contributed by atoms with E-state index in [1.165, 1.54) is 0 Å². The highest BCUT2D eigenvalue weighted by atomic mass is 16.5. The Labute approximate surface area is 71.5 Å². The minimum absolute atomic E-state index is 0.218. The maximum atomic E-state index is 11.0. The first-order valence-corrected chi connectivity index (χ1v) is 3.90. The number of aliphatic carboxylic acids is 1. The number of rotatable bonds is 4. The number of hydrogen-bond acceptors (Lipinski definition) is 3. The van der Waals surface area contributed by atoms with E-state index in [0.717, 1.165) is 0 Å². The lowest BCUT2D eigenvalue weighted by Crippen LogP contribution is -2.30. The van der Waals surface area contributed by atoms with Crippen molar-refractivity contribution >= 4 is 11.9 Å². The van der Waals surface area contributed by atoms with Gasteiger partial charge in [-0.05, 0) is 12.8 Å². The Morgan fingerprint density at radius 3 is 2.17 bits per heavy atom. The maximum Gasteiger partial charge on any atom is 0.320 e. The summed E-state index contributed by atoms with van der Waals surface area (Å²) >= 11 is 0. The summed E-state index contributed by atoms with van der Waals surface area (Å²) in [6.45, 7) is 5.22. The van der Waals surface area contributed by atoms with Crippen LogP contribution in [-0.2, 0) is 14.3 Å². The molecule has 0 radical (unpaired) electrons. The Balaban J connectivity index is 4.30. The molecule has 1 N–H and O–H groups in total. The average Bonchev–Trinajstić information content (AvgIpc) is 1.85. The van der Waals surface area contributed by atoms with Crippen LogP contribution in [0.2, 0.25) is 0 Å². The summed E-state index contributed by atoms with van der Waals surface area (Å²) in [5, 5.41) is 8.64. The van der Waals surface area contributed by atoms with Crippen molar-refractivity contribution < 1.29 is 19.4 Å². The molecule has 0 aliphatic carbocycles. The molecule has 0 heterocycles. The lowest BCUT2D eigenvalue weighted by atomic mass is 9.96. The van der Waals surface area contributed by atoms with Crippen molar-refractivity contribution in [3.8, 4) is 0 Å². The molecule has 0 aromatic heterocycles. The van der Waals surface area contributed by atoms with Crippen LogP contribution in [0, 0.1) is 11.8 Å². The summed E-state index contributed by atoms with van der Waals surface area (Å²) in [5.41, 5.74) is 0. The Bertz CT molecular complexity index is 174. The van der Waals surface area contributed by atoms with E-state index < -0.39 is 17.9 Å². The van der Waals surface area contributed by atoms with Gasteiger partial charge in [0.25, 0.3) is 0 Å². The molecule has 1 unspecified atom stereocenters. The van der Waals surface area contributed by atoms with Gasteiger partial charge in [-0.15, -0.1) is 0 Å².